The lowest BCUT2D eigenvalue weighted by atomic mass is 9.98. The lowest BCUT2D eigenvalue weighted by Crippen LogP contribution is -2.49. The number of aromatic nitrogens is 3. The van der Waals surface area contributed by atoms with Crippen molar-refractivity contribution in [1.82, 2.24) is 20.3 Å². The first-order valence-corrected chi connectivity index (χ1v) is 16.7. The molecule has 0 bridgehead atoms. The molecule has 0 radical (unpaired) electrons. The molecule has 1 saturated heterocycles. The summed E-state index contributed by atoms with van der Waals surface area (Å²) in [7, 11) is 0. The van der Waals surface area contributed by atoms with Crippen molar-refractivity contribution in [3.8, 4) is 11.1 Å². The Bertz CT molecular complexity index is 1960. The number of pyridine rings is 3. The average molecular weight is 647 g/mol. The summed E-state index contributed by atoms with van der Waals surface area (Å²) >= 11 is 6.46. The van der Waals surface area contributed by atoms with Crippen LogP contribution < -0.4 is 15.1 Å². The number of hydrogen-bond acceptors (Lipinski definition) is 7. The second-order valence-corrected chi connectivity index (χ2v) is 13.7. The molecule has 1 atom stereocenters. The Hall–Kier alpha value is -4.69. The summed E-state index contributed by atoms with van der Waals surface area (Å²) in [5.74, 6) is 0.866. The highest BCUT2D eigenvalue weighted by molar-refractivity contribution is 6.29. The number of benzene rings is 2. The maximum atomic E-state index is 12.5. The van der Waals surface area contributed by atoms with E-state index in [-0.39, 0.29) is 12.1 Å². The van der Waals surface area contributed by atoms with Crippen LogP contribution in [0.5, 0.6) is 0 Å². The van der Waals surface area contributed by atoms with E-state index in [4.69, 9.17) is 26.3 Å². The van der Waals surface area contributed by atoms with Crippen LogP contribution in [-0.2, 0) is 17.6 Å². The summed E-state index contributed by atoms with van der Waals surface area (Å²) in [6.45, 7) is 9.35. The van der Waals surface area contributed by atoms with E-state index in [0.717, 1.165) is 66.1 Å². The minimum absolute atomic E-state index is 0.0171. The van der Waals surface area contributed by atoms with Crippen molar-refractivity contribution in [1.29, 1.82) is 0 Å². The smallest absolute Gasteiger partial charge is 0.407 e. The maximum absolute atomic E-state index is 12.5. The van der Waals surface area contributed by atoms with E-state index in [1.807, 2.05) is 45.3 Å². The zero-order valence-electron chi connectivity index (χ0n) is 27.3. The van der Waals surface area contributed by atoms with Gasteiger partial charge in [0.25, 0.3) is 0 Å². The van der Waals surface area contributed by atoms with Crippen LogP contribution in [0.1, 0.15) is 57.2 Å². The Kier molecular flexibility index (Phi) is 8.22. The summed E-state index contributed by atoms with van der Waals surface area (Å²) in [4.78, 5) is 31.3. The minimum Gasteiger partial charge on any atom is -0.444 e. The van der Waals surface area contributed by atoms with Gasteiger partial charge in [0.2, 0.25) is 0 Å². The molecule has 0 spiro atoms. The van der Waals surface area contributed by atoms with Crippen molar-refractivity contribution in [2.24, 2.45) is 0 Å². The number of alkyl carbamates (subject to hydrolysis) is 1. The third kappa shape index (κ3) is 6.34. The molecule has 0 saturated carbocycles. The molecule has 1 aliphatic carbocycles. The number of carbonyl (C=O) groups is 1. The first-order chi connectivity index (χ1) is 22.7. The fourth-order valence-corrected chi connectivity index (χ4v) is 6.87. The van der Waals surface area contributed by atoms with E-state index >= 15 is 0 Å². The van der Waals surface area contributed by atoms with E-state index in [1.165, 1.54) is 27.8 Å². The number of carbonyl (C=O) groups excluding carboxylic acids is 1. The molecule has 2 aliphatic rings. The quantitative estimate of drug-likeness (QED) is 0.181. The van der Waals surface area contributed by atoms with Gasteiger partial charge in [0, 0.05) is 31.7 Å². The van der Waals surface area contributed by atoms with Gasteiger partial charge in [-0.15, -0.1) is 0 Å². The maximum Gasteiger partial charge on any atom is 0.407 e. The minimum atomic E-state index is -0.539. The molecular weight excluding hydrogens is 608 g/mol. The molecule has 1 N–H and O–H groups in total. The number of hydrogen-bond donors (Lipinski definition) is 1. The van der Waals surface area contributed by atoms with Crippen molar-refractivity contribution < 1.29 is 9.53 Å². The predicted octanol–water partition coefficient (Wildman–Crippen LogP) is 8.78. The Morgan fingerprint density at radius 2 is 1.89 bits per heavy atom. The highest BCUT2D eigenvalue weighted by Crippen LogP contribution is 2.47. The fourth-order valence-electron chi connectivity index (χ4n) is 6.72. The Morgan fingerprint density at radius 3 is 2.68 bits per heavy atom. The topological polar surface area (TPSA) is 83.5 Å². The molecule has 3 aromatic heterocycles. The van der Waals surface area contributed by atoms with Crippen LogP contribution in [0.3, 0.4) is 0 Å². The van der Waals surface area contributed by atoms with Gasteiger partial charge in [-0.3, -0.25) is 4.98 Å². The molecule has 8 nitrogen and oxygen atoms in total. The Morgan fingerprint density at radius 1 is 1.04 bits per heavy atom. The van der Waals surface area contributed by atoms with Crippen LogP contribution in [0.25, 0.3) is 22.2 Å². The van der Waals surface area contributed by atoms with Gasteiger partial charge in [0.1, 0.15) is 22.1 Å². The van der Waals surface area contributed by atoms with Crippen molar-refractivity contribution >= 4 is 51.6 Å². The molecule has 47 heavy (non-hydrogen) atoms. The lowest BCUT2D eigenvalue weighted by molar-refractivity contribution is 0.0500. The van der Waals surface area contributed by atoms with Crippen molar-refractivity contribution in [2.45, 2.75) is 65.0 Å². The molecule has 1 unspecified atom stereocenters. The van der Waals surface area contributed by atoms with Crippen LogP contribution in [0.2, 0.25) is 5.15 Å². The molecule has 5 aromatic rings. The predicted molar refractivity (Wildman–Crippen MR) is 189 cm³/mol. The molecule has 9 heteroatoms. The summed E-state index contributed by atoms with van der Waals surface area (Å²) in [5, 5.41) is 3.47. The van der Waals surface area contributed by atoms with E-state index < -0.39 is 5.60 Å². The molecule has 1 fully saturated rings. The number of anilines is 4. The third-order valence-corrected chi connectivity index (χ3v) is 9.05. The van der Waals surface area contributed by atoms with Crippen LogP contribution >= 0.6 is 11.6 Å². The summed E-state index contributed by atoms with van der Waals surface area (Å²) < 4.78 is 5.51. The number of nitrogens with one attached hydrogen (secondary N) is 1. The van der Waals surface area contributed by atoms with E-state index in [2.05, 4.69) is 75.6 Å². The molecule has 7 rings (SSSR count). The van der Waals surface area contributed by atoms with Gasteiger partial charge in [0.15, 0.2) is 0 Å². The summed E-state index contributed by atoms with van der Waals surface area (Å²) in [6, 6.07) is 23.2. The highest BCUT2D eigenvalue weighted by atomic mass is 35.5. The number of fused-ring (bicyclic) bond motifs is 4. The first-order valence-electron chi connectivity index (χ1n) is 16.3. The molecule has 4 heterocycles. The third-order valence-electron chi connectivity index (χ3n) is 8.84. The van der Waals surface area contributed by atoms with Crippen LogP contribution in [0, 0.1) is 0 Å². The van der Waals surface area contributed by atoms with Crippen LogP contribution in [0.4, 0.5) is 27.7 Å². The molecule has 1 aliphatic heterocycles. The average Bonchev–Trinajstić information content (AvgIpc) is 3.43. The second-order valence-electron chi connectivity index (χ2n) is 13.3. The zero-order chi connectivity index (χ0) is 32.7. The van der Waals surface area contributed by atoms with Crippen LogP contribution in [-0.4, -0.2) is 45.8 Å². The lowest BCUT2D eigenvalue weighted by Gasteiger charge is -2.34. The van der Waals surface area contributed by atoms with E-state index in [9.17, 15) is 4.79 Å². The van der Waals surface area contributed by atoms with E-state index in [1.54, 1.807) is 6.07 Å². The summed E-state index contributed by atoms with van der Waals surface area (Å²) in [6.07, 6.45) is 6.96. The molecule has 1 amide bonds. The molecular formula is C38H39ClN6O2. The van der Waals surface area contributed by atoms with Crippen LogP contribution in [0.15, 0.2) is 79.1 Å². The van der Waals surface area contributed by atoms with Crippen molar-refractivity contribution in [3.63, 3.8) is 0 Å². The van der Waals surface area contributed by atoms with Gasteiger partial charge in [0.05, 0.1) is 28.8 Å². The van der Waals surface area contributed by atoms with Gasteiger partial charge >= 0.3 is 6.09 Å². The number of nitrogens with zero attached hydrogens (tertiary/aromatic N) is 5. The fraction of sp³-hybridized carbons (Fsp3) is 0.316. The van der Waals surface area contributed by atoms with Gasteiger partial charge in [-0.1, -0.05) is 48.9 Å². The normalized spacial score (nSPS) is 15.7. The van der Waals surface area contributed by atoms with Crippen molar-refractivity contribution in [2.75, 3.05) is 22.9 Å². The standard InChI is InChI=1S/C38H39ClN6O2/c1-5-24-19-29-28-11-7-6-9-25(28)21-30(29)33(20-24)45(32-16-17-40-31-13-14-34(39)43-36(31)32)27-12-15-35(41-22-27)44-18-8-10-26(23-44)42-37(46)47-38(2,3)4/h6-7,9,11-17,19-20,22,26H,5,8,10,18,21,23H2,1-4H3,(H,42,46). The van der Waals surface area contributed by atoms with Crippen molar-refractivity contribution in [3.05, 3.63) is 101 Å². The van der Waals surface area contributed by atoms with Gasteiger partial charge in [-0.2, -0.15) is 0 Å². The number of piperidine rings is 1. The largest absolute Gasteiger partial charge is 0.444 e. The monoisotopic (exact) mass is 646 g/mol. The van der Waals surface area contributed by atoms with E-state index in [0.29, 0.717) is 11.7 Å². The summed E-state index contributed by atoms with van der Waals surface area (Å²) in [5.41, 5.74) is 10.3. The molecule has 240 valence electrons. The number of halogens is 1. The second kappa shape index (κ2) is 12.5. The SMILES string of the molecule is CCc1cc2c(c(N(c3ccc(N4CCCC(NC(=O)OC(C)(C)C)C4)nc3)c3ccnc4ccc(Cl)nc34)c1)Cc1ccccc1-2. The number of aryl methyl sites for hydroxylation is 1. The number of ether oxygens (including phenoxy) is 1. The Labute approximate surface area is 280 Å². The highest BCUT2D eigenvalue weighted by Gasteiger charge is 2.29. The van der Waals surface area contributed by atoms with Gasteiger partial charge < -0.3 is 19.9 Å². The molecule has 2 aromatic carbocycles. The van der Waals surface area contributed by atoms with Gasteiger partial charge in [-0.05, 0) is 104 Å². The first kappa shape index (κ1) is 30.9. The Balaban J connectivity index is 1.29. The number of amides is 1. The van der Waals surface area contributed by atoms with Gasteiger partial charge in [-0.25, -0.2) is 14.8 Å². The zero-order valence-corrected chi connectivity index (χ0v) is 28.0. The number of rotatable bonds is 6.